The van der Waals surface area contributed by atoms with E-state index >= 15 is 0 Å². The van der Waals surface area contributed by atoms with Crippen LogP contribution in [0.3, 0.4) is 0 Å². The molecule has 0 spiro atoms. The predicted octanol–water partition coefficient (Wildman–Crippen LogP) is 1.46. The Labute approximate surface area is 145 Å². The van der Waals surface area contributed by atoms with E-state index in [1.54, 1.807) is 12.1 Å². The average molecular weight is 387 g/mol. The fourth-order valence-corrected chi connectivity index (χ4v) is 7.99. The van der Waals surface area contributed by atoms with Crippen LogP contribution in [0.5, 0.6) is 0 Å². The van der Waals surface area contributed by atoms with Crippen molar-refractivity contribution in [3.63, 3.8) is 0 Å². The Morgan fingerprint density at radius 2 is 2.04 bits per heavy atom. The zero-order valence-electron chi connectivity index (χ0n) is 13.5. The van der Waals surface area contributed by atoms with Crippen LogP contribution in [-0.4, -0.2) is 39.6 Å². The molecule has 1 aromatic carbocycles. The Balaban J connectivity index is 1.91. The number of halogens is 1. The van der Waals surface area contributed by atoms with Crippen LogP contribution >= 0.6 is 0 Å². The van der Waals surface area contributed by atoms with Crippen molar-refractivity contribution in [3.05, 3.63) is 53.7 Å². The van der Waals surface area contributed by atoms with E-state index in [1.807, 2.05) is 0 Å². The lowest BCUT2D eigenvalue weighted by Gasteiger charge is -2.20. The molecule has 1 fully saturated rings. The largest absolute Gasteiger partial charge is 0.468 e. The van der Waals surface area contributed by atoms with Gasteiger partial charge in [0.25, 0.3) is 0 Å². The van der Waals surface area contributed by atoms with Gasteiger partial charge >= 0.3 is 0 Å². The Morgan fingerprint density at radius 1 is 1.28 bits per heavy atom. The lowest BCUT2D eigenvalue weighted by atomic mass is 10.2. The number of benzene rings is 1. The van der Waals surface area contributed by atoms with Gasteiger partial charge in [-0.25, -0.2) is 21.2 Å². The van der Waals surface area contributed by atoms with Gasteiger partial charge in [0.15, 0.2) is 19.7 Å². The topological polar surface area (TPSA) is 93.5 Å². The SMILES string of the molecule is Cc1cc(F)ccc1S(=O)(=O)[C@H]1CS(=O)(=O)C[C@@H]1NCc1ccco1. The van der Waals surface area contributed by atoms with E-state index in [0.717, 1.165) is 12.1 Å². The molecule has 2 heterocycles. The van der Waals surface area contributed by atoms with Crippen molar-refractivity contribution in [2.24, 2.45) is 0 Å². The molecular weight excluding hydrogens is 369 g/mol. The van der Waals surface area contributed by atoms with E-state index < -0.39 is 42.5 Å². The van der Waals surface area contributed by atoms with E-state index in [0.29, 0.717) is 5.76 Å². The van der Waals surface area contributed by atoms with Crippen LogP contribution in [0, 0.1) is 12.7 Å². The van der Waals surface area contributed by atoms with Gasteiger partial charge < -0.3 is 9.73 Å². The molecule has 3 rings (SSSR count). The third-order valence-electron chi connectivity index (χ3n) is 4.26. The molecule has 1 aliphatic heterocycles. The molecule has 2 aromatic rings. The molecule has 0 radical (unpaired) electrons. The Hall–Kier alpha value is -1.71. The van der Waals surface area contributed by atoms with Crippen LogP contribution in [0.1, 0.15) is 11.3 Å². The fraction of sp³-hybridized carbons (Fsp3) is 0.375. The molecule has 0 aliphatic carbocycles. The number of furan rings is 1. The molecule has 1 aromatic heterocycles. The third kappa shape index (κ3) is 3.78. The van der Waals surface area contributed by atoms with Gasteiger partial charge in [0.2, 0.25) is 0 Å². The zero-order chi connectivity index (χ0) is 18.2. The molecule has 0 amide bonds. The van der Waals surface area contributed by atoms with Crippen molar-refractivity contribution in [2.45, 2.75) is 29.7 Å². The summed E-state index contributed by atoms with van der Waals surface area (Å²) in [6, 6.07) is 6.03. The van der Waals surface area contributed by atoms with Gasteiger partial charge in [0, 0.05) is 6.04 Å². The van der Waals surface area contributed by atoms with Gasteiger partial charge in [-0.3, -0.25) is 0 Å². The van der Waals surface area contributed by atoms with Gasteiger partial charge in [-0.1, -0.05) is 0 Å². The lowest BCUT2D eigenvalue weighted by molar-refractivity contribution is 0.454. The second-order valence-electron chi connectivity index (χ2n) is 6.14. The van der Waals surface area contributed by atoms with Crippen LogP contribution in [0.25, 0.3) is 0 Å². The summed E-state index contributed by atoms with van der Waals surface area (Å²) in [6.45, 7) is 1.71. The molecule has 6 nitrogen and oxygen atoms in total. The van der Waals surface area contributed by atoms with Crippen LogP contribution in [0.15, 0.2) is 45.9 Å². The number of sulfone groups is 2. The molecular formula is C16H18FNO5S2. The molecule has 136 valence electrons. The standard InChI is InChI=1S/C16H18FNO5S2/c1-11-7-12(17)4-5-15(11)25(21,22)16-10-24(19,20)9-14(16)18-8-13-3-2-6-23-13/h2-7,14,16,18H,8-10H2,1H3/t14-,16-/m0/s1. The first-order chi connectivity index (χ1) is 11.7. The summed E-state index contributed by atoms with van der Waals surface area (Å²) in [5.41, 5.74) is 0.258. The molecule has 25 heavy (non-hydrogen) atoms. The fourth-order valence-electron chi connectivity index (χ4n) is 3.05. The number of rotatable bonds is 5. The first-order valence-electron chi connectivity index (χ1n) is 7.65. The highest BCUT2D eigenvalue weighted by Gasteiger charge is 2.46. The first kappa shape index (κ1) is 18.1. The quantitative estimate of drug-likeness (QED) is 0.781. The van der Waals surface area contributed by atoms with Crippen LogP contribution < -0.4 is 5.32 Å². The Morgan fingerprint density at radius 3 is 2.68 bits per heavy atom. The summed E-state index contributed by atoms with van der Waals surface area (Å²) in [6.07, 6.45) is 1.48. The highest BCUT2D eigenvalue weighted by Crippen LogP contribution is 2.28. The summed E-state index contributed by atoms with van der Waals surface area (Å²) < 4.78 is 68.5. The smallest absolute Gasteiger partial charge is 0.184 e. The van der Waals surface area contributed by atoms with Gasteiger partial charge in [-0.15, -0.1) is 0 Å². The van der Waals surface area contributed by atoms with Gasteiger partial charge in [0.1, 0.15) is 11.6 Å². The van der Waals surface area contributed by atoms with Gasteiger partial charge in [-0.05, 0) is 42.8 Å². The van der Waals surface area contributed by atoms with Crippen LogP contribution in [0.2, 0.25) is 0 Å². The molecule has 2 atom stereocenters. The average Bonchev–Trinajstić information content (AvgIpc) is 3.12. The second-order valence-corrected chi connectivity index (χ2v) is 10.4. The number of aryl methyl sites for hydroxylation is 1. The molecule has 0 bridgehead atoms. The maximum absolute atomic E-state index is 13.3. The van der Waals surface area contributed by atoms with Crippen molar-refractivity contribution in [1.82, 2.24) is 5.32 Å². The highest BCUT2D eigenvalue weighted by atomic mass is 32.2. The lowest BCUT2D eigenvalue weighted by Crippen LogP contribution is -2.43. The minimum absolute atomic E-state index is 0.0409. The van der Waals surface area contributed by atoms with Gasteiger partial charge in [0.05, 0.1) is 34.5 Å². The summed E-state index contributed by atoms with van der Waals surface area (Å²) in [5.74, 6) is -0.679. The molecule has 1 aliphatic rings. The van der Waals surface area contributed by atoms with E-state index in [-0.39, 0.29) is 22.8 Å². The number of hydrogen-bond donors (Lipinski definition) is 1. The van der Waals surface area contributed by atoms with Crippen molar-refractivity contribution in [2.75, 3.05) is 11.5 Å². The molecule has 0 saturated carbocycles. The first-order valence-corrected chi connectivity index (χ1v) is 11.0. The zero-order valence-corrected chi connectivity index (χ0v) is 15.1. The predicted molar refractivity (Wildman–Crippen MR) is 90.1 cm³/mol. The molecule has 1 saturated heterocycles. The van der Waals surface area contributed by atoms with Crippen LogP contribution in [0.4, 0.5) is 4.39 Å². The van der Waals surface area contributed by atoms with Crippen LogP contribution in [-0.2, 0) is 26.2 Å². The number of nitrogens with one attached hydrogen (secondary N) is 1. The Kier molecular flexibility index (Phi) is 4.74. The van der Waals surface area contributed by atoms with E-state index in [1.165, 1.54) is 19.3 Å². The maximum Gasteiger partial charge on any atom is 0.184 e. The third-order valence-corrected chi connectivity index (χ3v) is 8.57. The second kappa shape index (κ2) is 6.54. The highest BCUT2D eigenvalue weighted by molar-refractivity contribution is 7.96. The Bertz CT molecular complexity index is 968. The molecule has 1 N–H and O–H groups in total. The molecule has 9 heteroatoms. The molecule has 0 unspecified atom stereocenters. The maximum atomic E-state index is 13.3. The number of hydrogen-bond acceptors (Lipinski definition) is 6. The summed E-state index contributed by atoms with van der Waals surface area (Å²) in [5, 5.41) is 1.84. The van der Waals surface area contributed by atoms with Crippen molar-refractivity contribution in [3.8, 4) is 0 Å². The van der Waals surface area contributed by atoms with Crippen molar-refractivity contribution in [1.29, 1.82) is 0 Å². The van der Waals surface area contributed by atoms with Crippen molar-refractivity contribution >= 4 is 19.7 Å². The van der Waals surface area contributed by atoms with E-state index in [2.05, 4.69) is 5.32 Å². The summed E-state index contributed by atoms with van der Waals surface area (Å²) >= 11 is 0. The van der Waals surface area contributed by atoms with E-state index in [9.17, 15) is 21.2 Å². The summed E-state index contributed by atoms with van der Waals surface area (Å²) in [4.78, 5) is -0.0409. The minimum atomic E-state index is -3.94. The normalized spacial score (nSPS) is 23.0. The monoisotopic (exact) mass is 387 g/mol. The van der Waals surface area contributed by atoms with Gasteiger partial charge in [-0.2, -0.15) is 0 Å². The van der Waals surface area contributed by atoms with E-state index in [4.69, 9.17) is 4.42 Å². The minimum Gasteiger partial charge on any atom is -0.468 e. The van der Waals surface area contributed by atoms with Crippen molar-refractivity contribution < 1.29 is 25.6 Å². The summed E-state index contributed by atoms with van der Waals surface area (Å²) in [7, 11) is -7.43.